The Kier molecular flexibility index (Phi) is 6.01. The molecule has 37 heavy (non-hydrogen) atoms. The zero-order valence-electron chi connectivity index (χ0n) is 20.5. The fraction of sp³-hybridized carbons (Fsp3) is 0.391. The first-order chi connectivity index (χ1) is 17.6. The van der Waals surface area contributed by atoms with Crippen LogP contribution in [0.5, 0.6) is 0 Å². The molecule has 1 aliphatic heterocycles. The van der Waals surface area contributed by atoms with E-state index in [0.29, 0.717) is 43.3 Å². The van der Waals surface area contributed by atoms with Gasteiger partial charge in [0, 0.05) is 45.8 Å². The molecule has 5 rings (SSSR count). The Morgan fingerprint density at radius 1 is 1.08 bits per heavy atom. The molecule has 1 amide bonds. The number of halogens is 1. The molecule has 0 aliphatic carbocycles. The molecule has 5 heterocycles. The Balaban J connectivity index is 1.30. The number of carbonyl (C=O) groups is 1. The van der Waals surface area contributed by atoms with Gasteiger partial charge >= 0.3 is 5.69 Å². The lowest BCUT2D eigenvalue weighted by Crippen LogP contribution is -2.40. The molecular formula is C23H25FN10O3. The van der Waals surface area contributed by atoms with Crippen molar-refractivity contribution in [1.29, 1.82) is 0 Å². The fourth-order valence-electron chi connectivity index (χ4n) is 4.19. The van der Waals surface area contributed by atoms with E-state index in [1.165, 1.54) is 41.8 Å². The molecule has 0 bridgehead atoms. The SMILES string of the molecule is Cn1c(=O)c2c(ncn2CC(=O)Nc2ccnc(-c3cnc(N4CCC(C)(F)CC4)nc3)n2)n(C)c1=O. The molecular weight excluding hydrogens is 483 g/mol. The average molecular weight is 509 g/mol. The molecule has 14 heteroatoms. The zero-order valence-corrected chi connectivity index (χ0v) is 20.5. The molecule has 0 aromatic carbocycles. The number of hydrogen-bond donors (Lipinski definition) is 1. The number of rotatable bonds is 5. The maximum atomic E-state index is 14.1. The van der Waals surface area contributed by atoms with Crippen LogP contribution >= 0.6 is 0 Å². The Morgan fingerprint density at radius 2 is 1.78 bits per heavy atom. The predicted molar refractivity (Wildman–Crippen MR) is 133 cm³/mol. The van der Waals surface area contributed by atoms with Crippen LogP contribution in [-0.2, 0) is 25.4 Å². The molecule has 13 nitrogen and oxygen atoms in total. The minimum Gasteiger partial charge on any atom is -0.341 e. The number of aryl methyl sites for hydroxylation is 1. The summed E-state index contributed by atoms with van der Waals surface area (Å²) in [5.74, 6) is 0.634. The first-order valence-electron chi connectivity index (χ1n) is 11.6. The van der Waals surface area contributed by atoms with E-state index < -0.39 is 22.8 Å². The maximum Gasteiger partial charge on any atom is 0.332 e. The van der Waals surface area contributed by atoms with E-state index in [0.717, 1.165) is 4.57 Å². The van der Waals surface area contributed by atoms with Gasteiger partial charge in [-0.05, 0) is 25.8 Å². The normalized spacial score (nSPS) is 15.2. The van der Waals surface area contributed by atoms with E-state index in [4.69, 9.17) is 0 Å². The molecule has 1 fully saturated rings. The summed E-state index contributed by atoms with van der Waals surface area (Å²) in [5.41, 5.74) is -1.32. The highest BCUT2D eigenvalue weighted by Gasteiger charge is 2.30. The number of carbonyl (C=O) groups excluding carboxylic acids is 1. The highest BCUT2D eigenvalue weighted by molar-refractivity contribution is 5.90. The zero-order chi connectivity index (χ0) is 26.3. The van der Waals surface area contributed by atoms with E-state index >= 15 is 0 Å². The number of piperidine rings is 1. The lowest BCUT2D eigenvalue weighted by Gasteiger charge is -2.34. The van der Waals surface area contributed by atoms with Crippen LogP contribution in [0.1, 0.15) is 19.8 Å². The third-order valence-electron chi connectivity index (χ3n) is 6.44. The highest BCUT2D eigenvalue weighted by Crippen LogP contribution is 2.27. The van der Waals surface area contributed by atoms with Crippen LogP contribution in [0.4, 0.5) is 16.2 Å². The Labute approximate surface area is 209 Å². The summed E-state index contributed by atoms with van der Waals surface area (Å²) in [6.07, 6.45) is 6.85. The van der Waals surface area contributed by atoms with E-state index in [2.05, 4.69) is 30.2 Å². The minimum absolute atomic E-state index is 0.144. The molecule has 192 valence electrons. The van der Waals surface area contributed by atoms with Crippen LogP contribution in [0.15, 0.2) is 40.6 Å². The van der Waals surface area contributed by atoms with E-state index in [1.807, 2.05) is 4.90 Å². The number of imidazole rings is 1. The van der Waals surface area contributed by atoms with Crippen molar-refractivity contribution in [3.05, 3.63) is 51.8 Å². The van der Waals surface area contributed by atoms with E-state index in [-0.39, 0.29) is 23.5 Å². The molecule has 1 saturated heterocycles. The average Bonchev–Trinajstić information content (AvgIpc) is 3.30. The predicted octanol–water partition coefficient (Wildman–Crippen LogP) is 0.648. The van der Waals surface area contributed by atoms with Gasteiger partial charge in [0.15, 0.2) is 17.0 Å². The summed E-state index contributed by atoms with van der Waals surface area (Å²) in [6.45, 7) is 2.48. The molecule has 0 saturated carbocycles. The number of alkyl halides is 1. The van der Waals surface area contributed by atoms with Crippen LogP contribution in [-0.4, -0.2) is 63.3 Å². The van der Waals surface area contributed by atoms with Crippen molar-refractivity contribution in [1.82, 2.24) is 38.6 Å². The number of aromatic nitrogens is 8. The minimum atomic E-state index is -1.16. The molecule has 0 radical (unpaired) electrons. The van der Waals surface area contributed by atoms with Crippen molar-refractivity contribution in [3.8, 4) is 11.4 Å². The van der Waals surface area contributed by atoms with Gasteiger partial charge in [-0.1, -0.05) is 0 Å². The summed E-state index contributed by atoms with van der Waals surface area (Å²) in [5, 5.41) is 2.69. The van der Waals surface area contributed by atoms with Gasteiger partial charge in [0.1, 0.15) is 18.0 Å². The molecule has 1 aliphatic rings. The van der Waals surface area contributed by atoms with Crippen molar-refractivity contribution < 1.29 is 9.18 Å². The number of anilines is 2. The Bertz CT molecular complexity index is 1600. The molecule has 0 unspecified atom stereocenters. The molecule has 4 aromatic heterocycles. The summed E-state index contributed by atoms with van der Waals surface area (Å²) in [4.78, 5) is 60.8. The first-order valence-corrected chi connectivity index (χ1v) is 11.6. The van der Waals surface area contributed by atoms with Gasteiger partial charge < -0.3 is 14.8 Å². The van der Waals surface area contributed by atoms with Crippen LogP contribution in [0.3, 0.4) is 0 Å². The Morgan fingerprint density at radius 3 is 2.49 bits per heavy atom. The summed E-state index contributed by atoms with van der Waals surface area (Å²) in [6, 6.07) is 1.53. The third kappa shape index (κ3) is 4.69. The third-order valence-corrected chi connectivity index (χ3v) is 6.44. The van der Waals surface area contributed by atoms with Crippen LogP contribution in [0.25, 0.3) is 22.6 Å². The maximum absolute atomic E-state index is 14.1. The lowest BCUT2D eigenvalue weighted by molar-refractivity contribution is -0.116. The standard InChI is InChI=1S/C23H25FN10O3/c1-23(24)5-8-33(9-6-23)21-26-10-14(11-27-21)18-25-7-4-15(30-18)29-16(35)12-34-13-28-19-17(34)20(36)32(3)22(37)31(19)2/h4,7,10-11,13H,5-6,8-9,12H2,1-3H3,(H,25,29,30,35). The van der Waals surface area contributed by atoms with Crippen molar-refractivity contribution in [2.75, 3.05) is 23.3 Å². The van der Waals surface area contributed by atoms with Gasteiger partial charge in [-0.25, -0.2) is 34.1 Å². The van der Waals surface area contributed by atoms with E-state index in [9.17, 15) is 18.8 Å². The monoisotopic (exact) mass is 508 g/mol. The molecule has 0 spiro atoms. The molecule has 4 aromatic rings. The quantitative estimate of drug-likeness (QED) is 0.410. The van der Waals surface area contributed by atoms with Gasteiger partial charge in [-0.2, -0.15) is 0 Å². The first kappa shape index (κ1) is 24.2. The second kappa shape index (κ2) is 9.19. The van der Waals surface area contributed by atoms with Crippen molar-refractivity contribution >= 4 is 28.8 Å². The van der Waals surface area contributed by atoms with Gasteiger partial charge in [0.05, 0.1) is 11.9 Å². The fourth-order valence-corrected chi connectivity index (χ4v) is 4.19. The van der Waals surface area contributed by atoms with Gasteiger partial charge in [0.2, 0.25) is 11.9 Å². The second-order valence-corrected chi connectivity index (χ2v) is 9.24. The number of amides is 1. The largest absolute Gasteiger partial charge is 0.341 e. The second-order valence-electron chi connectivity index (χ2n) is 9.24. The number of nitrogens with one attached hydrogen (secondary N) is 1. The number of nitrogens with zero attached hydrogens (tertiary/aromatic N) is 9. The molecule has 0 atom stereocenters. The van der Waals surface area contributed by atoms with Crippen molar-refractivity contribution in [2.24, 2.45) is 14.1 Å². The Hall–Kier alpha value is -4.49. The summed E-state index contributed by atoms with van der Waals surface area (Å²) >= 11 is 0. The van der Waals surface area contributed by atoms with Crippen LogP contribution in [0, 0.1) is 0 Å². The molecule has 1 N–H and O–H groups in total. The van der Waals surface area contributed by atoms with Crippen molar-refractivity contribution in [2.45, 2.75) is 32.0 Å². The summed E-state index contributed by atoms with van der Waals surface area (Å²) < 4.78 is 17.7. The van der Waals surface area contributed by atoms with Crippen LogP contribution in [0.2, 0.25) is 0 Å². The van der Waals surface area contributed by atoms with Gasteiger partial charge in [-0.3, -0.25) is 18.7 Å². The summed E-state index contributed by atoms with van der Waals surface area (Å²) in [7, 11) is 2.87. The smallest absolute Gasteiger partial charge is 0.332 e. The highest BCUT2D eigenvalue weighted by atomic mass is 19.1. The van der Waals surface area contributed by atoms with Gasteiger partial charge in [-0.15, -0.1) is 0 Å². The van der Waals surface area contributed by atoms with Gasteiger partial charge in [0.25, 0.3) is 5.56 Å². The topological polar surface area (TPSA) is 146 Å². The number of fused-ring (bicyclic) bond motifs is 1. The van der Waals surface area contributed by atoms with E-state index in [1.54, 1.807) is 19.3 Å². The van der Waals surface area contributed by atoms with Crippen LogP contribution < -0.4 is 21.5 Å². The lowest BCUT2D eigenvalue weighted by atomic mass is 9.96. The number of hydrogen-bond acceptors (Lipinski definition) is 9. The van der Waals surface area contributed by atoms with Crippen molar-refractivity contribution in [3.63, 3.8) is 0 Å².